The number of rotatable bonds is 4. The molecule has 0 spiro atoms. The summed E-state index contributed by atoms with van der Waals surface area (Å²) in [5.41, 5.74) is 0.0827. The highest BCUT2D eigenvalue weighted by Crippen LogP contribution is 2.18. The maximum Gasteiger partial charge on any atom is 0.273 e. The minimum Gasteiger partial charge on any atom is -0.319 e. The van der Waals surface area contributed by atoms with Crippen molar-refractivity contribution in [2.24, 2.45) is 11.1 Å². The summed E-state index contributed by atoms with van der Waals surface area (Å²) in [5.74, 6) is 0.418. The lowest BCUT2D eigenvalue weighted by atomic mass is 10.2. The van der Waals surface area contributed by atoms with E-state index < -0.39 is 10.0 Å². The van der Waals surface area contributed by atoms with Crippen molar-refractivity contribution >= 4 is 10.0 Å². The molecule has 3 N–H and O–H groups in total. The fraction of sp³-hybridized carbons (Fsp3) is 0.364. The average Bonchev–Trinajstić information content (AvgIpc) is 2.71. The van der Waals surface area contributed by atoms with Crippen molar-refractivity contribution in [1.82, 2.24) is 19.7 Å². The van der Waals surface area contributed by atoms with E-state index in [1.807, 2.05) is 13.8 Å². The molecule has 0 saturated carbocycles. The van der Waals surface area contributed by atoms with Crippen LogP contribution in [-0.4, -0.2) is 28.2 Å². The van der Waals surface area contributed by atoms with E-state index in [0.717, 1.165) is 0 Å². The number of aromatic amines is 1. The van der Waals surface area contributed by atoms with Gasteiger partial charge in [0.05, 0.1) is 5.69 Å². The summed E-state index contributed by atoms with van der Waals surface area (Å²) in [7, 11) is -3.98. The summed E-state index contributed by atoms with van der Waals surface area (Å²) in [5, 5.41) is 12.3. The van der Waals surface area contributed by atoms with Gasteiger partial charge in [-0.05, 0) is 12.0 Å². The van der Waals surface area contributed by atoms with Gasteiger partial charge in [-0.2, -0.15) is 0 Å². The Hall–Kier alpha value is -2.00. The van der Waals surface area contributed by atoms with Crippen LogP contribution in [0.4, 0.5) is 0 Å². The van der Waals surface area contributed by atoms with Crippen molar-refractivity contribution < 1.29 is 8.42 Å². The Labute approximate surface area is 115 Å². The first-order valence-corrected chi connectivity index (χ1v) is 7.49. The molecule has 0 bridgehead atoms. The summed E-state index contributed by atoms with van der Waals surface area (Å²) in [6.45, 7) is 4.21. The van der Waals surface area contributed by atoms with Crippen LogP contribution in [-0.2, 0) is 16.6 Å². The number of sulfonamides is 1. The summed E-state index contributed by atoms with van der Waals surface area (Å²) < 4.78 is 24.5. The third-order valence-electron chi connectivity index (χ3n) is 2.53. The van der Waals surface area contributed by atoms with Gasteiger partial charge in [0.1, 0.15) is 0 Å². The summed E-state index contributed by atoms with van der Waals surface area (Å²) in [6, 6.07) is 4.53. The molecule has 0 atom stereocenters. The number of nitrogens with zero attached hydrogens (tertiary/aromatic N) is 3. The van der Waals surface area contributed by atoms with Gasteiger partial charge in [0.25, 0.3) is 15.2 Å². The summed E-state index contributed by atoms with van der Waals surface area (Å²) >= 11 is 0. The number of nitrogens with two attached hydrogens (primary N) is 1. The number of hydrogen-bond acceptors (Lipinski definition) is 5. The van der Waals surface area contributed by atoms with Crippen molar-refractivity contribution in [2.45, 2.75) is 25.5 Å². The summed E-state index contributed by atoms with van der Waals surface area (Å²) in [6.07, 6.45) is 0. The second-order valence-corrected chi connectivity index (χ2v) is 6.24. The zero-order chi connectivity index (χ0) is 14.9. The average molecular weight is 297 g/mol. The third-order valence-corrected chi connectivity index (χ3v) is 3.34. The molecule has 2 aromatic rings. The Bertz CT molecular complexity index is 775. The molecule has 0 aliphatic heterocycles. The number of hydrogen-bond donors (Lipinski definition) is 2. The minimum absolute atomic E-state index is 0.153. The Morgan fingerprint density at radius 1 is 1.35 bits per heavy atom. The third kappa shape index (κ3) is 2.94. The molecular formula is C11H15N5O3S. The van der Waals surface area contributed by atoms with E-state index in [-0.39, 0.29) is 22.5 Å². The second-order valence-electron chi connectivity index (χ2n) is 4.78. The minimum atomic E-state index is -3.98. The van der Waals surface area contributed by atoms with Crippen LogP contribution in [0.2, 0.25) is 0 Å². The number of pyridine rings is 1. The molecule has 0 radical (unpaired) electrons. The molecule has 8 nitrogen and oxygen atoms in total. The van der Waals surface area contributed by atoms with E-state index in [9.17, 15) is 13.2 Å². The highest BCUT2D eigenvalue weighted by molar-refractivity contribution is 7.89. The van der Waals surface area contributed by atoms with Gasteiger partial charge in [-0.15, -0.1) is 10.2 Å². The molecule has 0 unspecified atom stereocenters. The van der Waals surface area contributed by atoms with Gasteiger partial charge in [0, 0.05) is 12.6 Å². The summed E-state index contributed by atoms with van der Waals surface area (Å²) in [4.78, 5) is 13.9. The number of aromatic nitrogens is 4. The normalized spacial score (nSPS) is 12.0. The van der Waals surface area contributed by atoms with E-state index >= 15 is 0 Å². The maximum atomic E-state index is 11.5. The topological polar surface area (TPSA) is 124 Å². The van der Waals surface area contributed by atoms with Crippen LogP contribution < -0.4 is 10.7 Å². The van der Waals surface area contributed by atoms with E-state index in [1.54, 1.807) is 12.1 Å². The zero-order valence-corrected chi connectivity index (χ0v) is 11.9. The Balaban J connectivity index is 2.65. The van der Waals surface area contributed by atoms with Crippen LogP contribution in [0.3, 0.4) is 0 Å². The molecule has 9 heteroatoms. The monoisotopic (exact) mass is 297 g/mol. The zero-order valence-electron chi connectivity index (χ0n) is 11.1. The van der Waals surface area contributed by atoms with Gasteiger partial charge >= 0.3 is 0 Å². The molecule has 0 saturated heterocycles. The van der Waals surface area contributed by atoms with E-state index in [1.165, 1.54) is 10.6 Å². The van der Waals surface area contributed by atoms with Crippen LogP contribution in [0.25, 0.3) is 11.5 Å². The molecule has 0 fully saturated rings. The van der Waals surface area contributed by atoms with Crippen LogP contribution in [0.15, 0.2) is 28.2 Å². The highest BCUT2D eigenvalue weighted by Gasteiger charge is 2.22. The highest BCUT2D eigenvalue weighted by atomic mass is 32.2. The predicted molar refractivity (Wildman–Crippen MR) is 72.3 cm³/mol. The molecule has 0 amide bonds. The van der Waals surface area contributed by atoms with Crippen molar-refractivity contribution in [3.63, 3.8) is 0 Å². The lowest BCUT2D eigenvalue weighted by Gasteiger charge is -2.11. The molecule has 0 aromatic carbocycles. The first-order chi connectivity index (χ1) is 9.29. The SMILES string of the molecule is CC(C)Cn1c(-c2cccc(=O)[nH]2)nnc1S(N)(=O)=O. The number of nitrogens with one attached hydrogen (secondary N) is 1. The fourth-order valence-corrected chi connectivity index (χ4v) is 2.43. The lowest BCUT2D eigenvalue weighted by Crippen LogP contribution is -2.20. The van der Waals surface area contributed by atoms with Gasteiger partial charge in [-0.1, -0.05) is 19.9 Å². The molecule has 0 aliphatic carbocycles. The molecule has 2 rings (SSSR count). The van der Waals surface area contributed by atoms with Crippen molar-refractivity contribution in [1.29, 1.82) is 0 Å². The van der Waals surface area contributed by atoms with Gasteiger partial charge in [0.2, 0.25) is 5.56 Å². The van der Waals surface area contributed by atoms with Crippen LogP contribution in [0, 0.1) is 5.92 Å². The first kappa shape index (κ1) is 14.4. The van der Waals surface area contributed by atoms with E-state index in [0.29, 0.717) is 12.2 Å². The largest absolute Gasteiger partial charge is 0.319 e. The van der Waals surface area contributed by atoms with Crippen molar-refractivity contribution in [3.05, 3.63) is 28.6 Å². The number of primary sulfonamides is 1. The van der Waals surface area contributed by atoms with Crippen molar-refractivity contribution in [2.75, 3.05) is 0 Å². The van der Waals surface area contributed by atoms with Crippen LogP contribution in [0.5, 0.6) is 0 Å². The fourth-order valence-electron chi connectivity index (χ4n) is 1.81. The molecule has 20 heavy (non-hydrogen) atoms. The molecule has 2 heterocycles. The maximum absolute atomic E-state index is 11.5. The van der Waals surface area contributed by atoms with Gasteiger partial charge in [-0.25, -0.2) is 13.6 Å². The van der Waals surface area contributed by atoms with Gasteiger partial charge < -0.3 is 4.98 Å². The smallest absolute Gasteiger partial charge is 0.273 e. The van der Waals surface area contributed by atoms with Gasteiger partial charge in [-0.3, -0.25) is 9.36 Å². The van der Waals surface area contributed by atoms with Gasteiger partial charge in [0.15, 0.2) is 5.82 Å². The Morgan fingerprint density at radius 3 is 2.60 bits per heavy atom. The van der Waals surface area contributed by atoms with Crippen molar-refractivity contribution in [3.8, 4) is 11.5 Å². The van der Waals surface area contributed by atoms with E-state index in [2.05, 4.69) is 15.2 Å². The molecular weight excluding hydrogens is 282 g/mol. The molecule has 108 valence electrons. The second kappa shape index (κ2) is 5.17. The standard InChI is InChI=1S/C11H15N5O3S/c1-7(2)6-16-10(8-4-3-5-9(17)13-8)14-15-11(16)20(12,18)19/h3-5,7H,6H2,1-2H3,(H,13,17)(H2,12,18,19). The van der Waals surface area contributed by atoms with Crippen LogP contribution >= 0.6 is 0 Å². The molecule has 2 aromatic heterocycles. The quantitative estimate of drug-likeness (QED) is 0.818. The van der Waals surface area contributed by atoms with Crippen LogP contribution in [0.1, 0.15) is 13.8 Å². The first-order valence-electron chi connectivity index (χ1n) is 5.94. The lowest BCUT2D eigenvalue weighted by molar-refractivity contribution is 0.486. The Morgan fingerprint density at radius 2 is 2.05 bits per heavy atom. The number of H-pyrrole nitrogens is 1. The predicted octanol–water partition coefficient (Wildman–Crippen LogP) is -0.0632. The Kier molecular flexibility index (Phi) is 3.73. The van der Waals surface area contributed by atoms with E-state index in [4.69, 9.17) is 5.14 Å². The molecule has 0 aliphatic rings.